The van der Waals surface area contributed by atoms with Gasteiger partial charge in [-0.1, -0.05) is 13.3 Å². The Labute approximate surface area is 110 Å². The Morgan fingerprint density at radius 3 is 2.68 bits per heavy atom. The Bertz CT molecular complexity index is 514. The Balaban J connectivity index is 2.75. The van der Waals surface area contributed by atoms with Crippen LogP contribution in [0.4, 0.5) is 5.82 Å². The summed E-state index contributed by atoms with van der Waals surface area (Å²) in [6.45, 7) is 3.43. The third kappa shape index (κ3) is 4.13. The third-order valence-electron chi connectivity index (χ3n) is 2.50. The second kappa shape index (κ2) is 6.58. The molecule has 2 amide bonds. The molecule has 7 heteroatoms. The first kappa shape index (κ1) is 14.7. The minimum absolute atomic E-state index is 0.132. The molecule has 19 heavy (non-hydrogen) atoms. The minimum atomic E-state index is -0.622. The fourth-order valence-corrected chi connectivity index (χ4v) is 1.48. The maximum Gasteiger partial charge on any atom is 0.366 e. The summed E-state index contributed by atoms with van der Waals surface area (Å²) in [4.78, 5) is 36.7. The largest absolute Gasteiger partial charge is 0.366 e. The topological polar surface area (TPSA) is 102 Å². The molecular formula is C12H15N3O4. The maximum atomic E-state index is 11.7. The van der Waals surface area contributed by atoms with Crippen LogP contribution in [0.5, 0.6) is 0 Å². The van der Waals surface area contributed by atoms with Gasteiger partial charge in [0.25, 0.3) is 5.91 Å². The average Bonchev–Trinajstić information content (AvgIpc) is 2.35. The predicted molar refractivity (Wildman–Crippen MR) is 67.6 cm³/mol. The number of unbranched alkanes of at least 4 members (excludes halogenated alkanes) is 1. The molecule has 1 heterocycles. The van der Waals surface area contributed by atoms with E-state index in [1.807, 2.05) is 6.92 Å². The lowest BCUT2D eigenvalue weighted by molar-refractivity contribution is -0.390. The van der Waals surface area contributed by atoms with E-state index in [2.05, 4.69) is 10.3 Å². The molecule has 0 radical (unpaired) electrons. The van der Waals surface area contributed by atoms with E-state index in [1.54, 1.807) is 0 Å². The summed E-state index contributed by atoms with van der Waals surface area (Å²) in [7, 11) is 0. The number of imide groups is 1. The lowest BCUT2D eigenvalue weighted by Crippen LogP contribution is -2.30. The number of aryl methyl sites for hydroxylation is 1. The Morgan fingerprint density at radius 2 is 2.16 bits per heavy atom. The number of aromatic nitrogens is 1. The number of hydrogen-bond acceptors (Lipinski definition) is 5. The average molecular weight is 265 g/mol. The van der Waals surface area contributed by atoms with Crippen LogP contribution < -0.4 is 5.32 Å². The van der Waals surface area contributed by atoms with E-state index in [0.717, 1.165) is 12.6 Å². The van der Waals surface area contributed by atoms with Gasteiger partial charge < -0.3 is 10.1 Å². The van der Waals surface area contributed by atoms with Crippen LogP contribution in [0.2, 0.25) is 0 Å². The molecule has 0 aliphatic carbocycles. The van der Waals surface area contributed by atoms with Crippen molar-refractivity contribution in [1.29, 1.82) is 0 Å². The molecule has 1 aromatic heterocycles. The van der Waals surface area contributed by atoms with Gasteiger partial charge in [0.15, 0.2) is 6.20 Å². The van der Waals surface area contributed by atoms with Crippen molar-refractivity contribution in [2.45, 2.75) is 33.1 Å². The normalized spacial score (nSPS) is 10.0. The van der Waals surface area contributed by atoms with E-state index >= 15 is 0 Å². The molecule has 1 rings (SSSR count). The smallest absolute Gasteiger partial charge is 0.358 e. The van der Waals surface area contributed by atoms with Crippen molar-refractivity contribution in [2.24, 2.45) is 0 Å². The van der Waals surface area contributed by atoms with Gasteiger partial charge in [0.05, 0.1) is 5.56 Å². The summed E-state index contributed by atoms with van der Waals surface area (Å²) in [6.07, 6.45) is 2.94. The van der Waals surface area contributed by atoms with Crippen LogP contribution in [-0.4, -0.2) is 21.7 Å². The van der Waals surface area contributed by atoms with Gasteiger partial charge in [-0.05, 0) is 29.3 Å². The first-order chi connectivity index (χ1) is 8.95. The lowest BCUT2D eigenvalue weighted by atomic mass is 10.2. The Morgan fingerprint density at radius 1 is 1.47 bits per heavy atom. The summed E-state index contributed by atoms with van der Waals surface area (Å²) in [5.74, 6) is -1.25. The number of nitrogens with one attached hydrogen (secondary N) is 1. The third-order valence-corrected chi connectivity index (χ3v) is 2.50. The fraction of sp³-hybridized carbons (Fsp3) is 0.417. The molecular weight excluding hydrogens is 250 g/mol. The molecule has 0 atom stereocenters. The summed E-state index contributed by atoms with van der Waals surface area (Å²) < 4.78 is 0. The van der Waals surface area contributed by atoms with Crippen molar-refractivity contribution in [1.82, 2.24) is 10.3 Å². The molecule has 102 valence electrons. The molecule has 0 saturated carbocycles. The molecule has 0 bridgehead atoms. The summed E-state index contributed by atoms with van der Waals surface area (Å²) >= 11 is 0. The molecule has 0 fully saturated rings. The Hall–Kier alpha value is -2.31. The van der Waals surface area contributed by atoms with E-state index in [4.69, 9.17) is 0 Å². The van der Waals surface area contributed by atoms with E-state index in [1.165, 1.54) is 13.0 Å². The molecule has 0 spiro atoms. The van der Waals surface area contributed by atoms with Crippen LogP contribution in [0.3, 0.4) is 0 Å². The minimum Gasteiger partial charge on any atom is -0.358 e. The van der Waals surface area contributed by atoms with Crippen molar-refractivity contribution in [2.75, 3.05) is 0 Å². The molecule has 1 N–H and O–H groups in total. The summed E-state index contributed by atoms with van der Waals surface area (Å²) in [6, 6.07) is 1.34. The van der Waals surface area contributed by atoms with E-state index in [9.17, 15) is 19.7 Å². The predicted octanol–water partition coefficient (Wildman–Crippen LogP) is 1.74. The number of nitrogens with zero attached hydrogens (tertiary/aromatic N) is 2. The monoisotopic (exact) mass is 265 g/mol. The first-order valence-corrected chi connectivity index (χ1v) is 5.91. The van der Waals surface area contributed by atoms with E-state index in [-0.39, 0.29) is 29.3 Å². The molecule has 0 aliphatic heterocycles. The van der Waals surface area contributed by atoms with Gasteiger partial charge in [-0.15, -0.1) is 0 Å². The second-order valence-electron chi connectivity index (χ2n) is 4.10. The quantitative estimate of drug-likeness (QED) is 0.645. The van der Waals surface area contributed by atoms with Crippen LogP contribution in [0, 0.1) is 17.0 Å². The van der Waals surface area contributed by atoms with Gasteiger partial charge >= 0.3 is 5.82 Å². The zero-order valence-electron chi connectivity index (χ0n) is 10.8. The number of carbonyl (C=O) groups excluding carboxylic acids is 2. The van der Waals surface area contributed by atoms with Crippen molar-refractivity contribution < 1.29 is 14.5 Å². The summed E-state index contributed by atoms with van der Waals surface area (Å²) in [5, 5.41) is 12.8. The maximum absolute atomic E-state index is 11.7. The van der Waals surface area contributed by atoms with Gasteiger partial charge in [0.1, 0.15) is 0 Å². The van der Waals surface area contributed by atoms with Crippen LogP contribution in [0.15, 0.2) is 12.3 Å². The standard InChI is InChI=1S/C12H15N3O4/c1-3-4-5-10(16)14-12(17)9-6-8(2)11(13-7-9)15(18)19/h6-7H,3-5H2,1-2H3,(H,14,16,17). The van der Waals surface area contributed by atoms with Crippen molar-refractivity contribution in [3.8, 4) is 0 Å². The van der Waals surface area contributed by atoms with Crippen LogP contribution in [-0.2, 0) is 4.79 Å². The molecule has 7 nitrogen and oxygen atoms in total. The first-order valence-electron chi connectivity index (χ1n) is 5.91. The number of rotatable bonds is 5. The lowest BCUT2D eigenvalue weighted by Gasteiger charge is -2.03. The van der Waals surface area contributed by atoms with Crippen LogP contribution in [0.1, 0.15) is 42.1 Å². The van der Waals surface area contributed by atoms with Gasteiger partial charge in [-0.25, -0.2) is 0 Å². The van der Waals surface area contributed by atoms with Gasteiger partial charge in [-0.3, -0.25) is 14.9 Å². The Kier molecular flexibility index (Phi) is 5.11. The molecule has 0 aromatic carbocycles. The molecule has 1 aromatic rings. The van der Waals surface area contributed by atoms with Crippen molar-refractivity contribution in [3.63, 3.8) is 0 Å². The number of carbonyl (C=O) groups is 2. The van der Waals surface area contributed by atoms with E-state index < -0.39 is 10.8 Å². The number of hydrogen-bond donors (Lipinski definition) is 1. The zero-order chi connectivity index (χ0) is 14.4. The van der Waals surface area contributed by atoms with Gasteiger partial charge in [0, 0.05) is 12.0 Å². The molecule has 0 unspecified atom stereocenters. The number of amides is 2. The highest BCUT2D eigenvalue weighted by atomic mass is 16.6. The van der Waals surface area contributed by atoms with Crippen molar-refractivity contribution in [3.05, 3.63) is 33.5 Å². The van der Waals surface area contributed by atoms with Crippen LogP contribution in [0.25, 0.3) is 0 Å². The number of pyridine rings is 1. The van der Waals surface area contributed by atoms with Crippen LogP contribution >= 0.6 is 0 Å². The van der Waals surface area contributed by atoms with Gasteiger partial charge in [0.2, 0.25) is 5.91 Å². The zero-order valence-corrected chi connectivity index (χ0v) is 10.8. The SMILES string of the molecule is CCCCC(=O)NC(=O)c1cnc([N+](=O)[O-])c(C)c1. The molecule has 0 saturated heterocycles. The second-order valence-corrected chi connectivity index (χ2v) is 4.10. The molecule has 0 aliphatic rings. The van der Waals surface area contributed by atoms with E-state index in [0.29, 0.717) is 6.42 Å². The highest BCUT2D eigenvalue weighted by Gasteiger charge is 2.17. The summed E-state index contributed by atoms with van der Waals surface area (Å²) in [5.41, 5.74) is 0.409. The van der Waals surface area contributed by atoms with Gasteiger partial charge in [-0.2, -0.15) is 0 Å². The van der Waals surface area contributed by atoms with Crippen molar-refractivity contribution >= 4 is 17.6 Å². The number of nitro groups is 1. The fourth-order valence-electron chi connectivity index (χ4n) is 1.48. The highest BCUT2D eigenvalue weighted by molar-refractivity contribution is 6.04. The highest BCUT2D eigenvalue weighted by Crippen LogP contribution is 2.14.